The zero-order chi connectivity index (χ0) is 13.2. The molecule has 18 heavy (non-hydrogen) atoms. The topological polar surface area (TPSA) is 36.4 Å². The van der Waals surface area contributed by atoms with Crippen molar-refractivity contribution in [3.05, 3.63) is 23.9 Å². The summed E-state index contributed by atoms with van der Waals surface area (Å²) in [6, 6.07) is 4.82. The van der Waals surface area contributed by atoms with Crippen molar-refractivity contribution in [3.8, 4) is 0 Å². The molecule has 0 aliphatic heterocycles. The summed E-state index contributed by atoms with van der Waals surface area (Å²) in [4.78, 5) is 6.83. The summed E-state index contributed by atoms with van der Waals surface area (Å²) in [7, 11) is 0. The smallest absolute Gasteiger partial charge is 0.128 e. The molecular weight excluding hydrogens is 224 g/mol. The molecule has 0 saturated heterocycles. The fourth-order valence-electron chi connectivity index (χ4n) is 2.29. The van der Waals surface area contributed by atoms with E-state index in [0.29, 0.717) is 12.6 Å². The van der Waals surface area contributed by atoms with Gasteiger partial charge in [0.25, 0.3) is 0 Å². The number of rotatable bonds is 4. The van der Waals surface area contributed by atoms with Crippen LogP contribution in [0.25, 0.3) is 0 Å². The molecule has 3 nitrogen and oxygen atoms in total. The van der Waals surface area contributed by atoms with Gasteiger partial charge in [-0.2, -0.15) is 0 Å². The van der Waals surface area contributed by atoms with Crippen molar-refractivity contribution in [2.45, 2.75) is 51.5 Å². The van der Waals surface area contributed by atoms with Crippen LogP contribution < -0.4 is 4.90 Å². The third-order valence-electron chi connectivity index (χ3n) is 3.76. The highest BCUT2D eigenvalue weighted by Crippen LogP contribution is 2.29. The van der Waals surface area contributed by atoms with Crippen molar-refractivity contribution >= 4 is 5.82 Å². The quantitative estimate of drug-likeness (QED) is 0.890. The van der Waals surface area contributed by atoms with Crippen LogP contribution in [0.4, 0.5) is 5.82 Å². The van der Waals surface area contributed by atoms with Crippen molar-refractivity contribution in [1.29, 1.82) is 0 Å². The Labute approximate surface area is 110 Å². The van der Waals surface area contributed by atoms with Gasteiger partial charge in [-0.25, -0.2) is 4.98 Å². The first-order valence-corrected chi connectivity index (χ1v) is 6.86. The van der Waals surface area contributed by atoms with E-state index in [-0.39, 0.29) is 12.0 Å². The molecule has 0 atom stereocenters. The van der Waals surface area contributed by atoms with Crippen LogP contribution in [-0.4, -0.2) is 29.3 Å². The first-order valence-electron chi connectivity index (χ1n) is 6.86. The lowest BCUT2D eigenvalue weighted by Gasteiger charge is -2.38. The van der Waals surface area contributed by atoms with Gasteiger partial charge in [-0.3, -0.25) is 0 Å². The lowest BCUT2D eigenvalue weighted by Crippen LogP contribution is -2.42. The molecule has 0 bridgehead atoms. The van der Waals surface area contributed by atoms with Gasteiger partial charge in [0, 0.05) is 18.8 Å². The molecule has 1 fully saturated rings. The molecule has 3 heteroatoms. The minimum absolute atomic E-state index is 0.143. The lowest BCUT2D eigenvalue weighted by atomic mass is 9.88. The fourth-order valence-corrected chi connectivity index (χ4v) is 2.29. The van der Waals surface area contributed by atoms with E-state index in [1.165, 1.54) is 24.8 Å². The highest BCUT2D eigenvalue weighted by Gasteiger charge is 2.25. The van der Waals surface area contributed by atoms with E-state index >= 15 is 0 Å². The summed E-state index contributed by atoms with van der Waals surface area (Å²) in [5.41, 5.74) is 1.40. The van der Waals surface area contributed by atoms with Crippen molar-refractivity contribution < 1.29 is 5.11 Å². The molecule has 1 aliphatic rings. The Morgan fingerprint density at radius 3 is 2.44 bits per heavy atom. The van der Waals surface area contributed by atoms with Crippen molar-refractivity contribution in [1.82, 2.24) is 4.98 Å². The van der Waals surface area contributed by atoms with Crippen LogP contribution in [0.1, 0.15) is 45.6 Å². The second-order valence-electron chi connectivity index (χ2n) is 6.16. The van der Waals surface area contributed by atoms with Gasteiger partial charge < -0.3 is 10.0 Å². The predicted octanol–water partition coefficient (Wildman–Crippen LogP) is 2.73. The summed E-state index contributed by atoms with van der Waals surface area (Å²) < 4.78 is 0. The van der Waals surface area contributed by atoms with Gasteiger partial charge in [-0.15, -0.1) is 0 Å². The van der Waals surface area contributed by atoms with Crippen molar-refractivity contribution in [3.63, 3.8) is 0 Å². The third kappa shape index (κ3) is 2.83. The molecule has 2 rings (SSSR count). The van der Waals surface area contributed by atoms with Crippen LogP contribution in [0.3, 0.4) is 0 Å². The zero-order valence-electron chi connectivity index (χ0n) is 11.7. The predicted molar refractivity (Wildman–Crippen MR) is 75.0 cm³/mol. The van der Waals surface area contributed by atoms with Gasteiger partial charge in [0.05, 0.1) is 6.61 Å². The summed E-state index contributed by atoms with van der Waals surface area (Å²) in [5.74, 6) is 1.00. The normalized spacial score (nSPS) is 16.4. The van der Waals surface area contributed by atoms with E-state index in [0.717, 1.165) is 5.82 Å². The highest BCUT2D eigenvalue weighted by atomic mass is 16.3. The lowest BCUT2D eigenvalue weighted by molar-refractivity contribution is 0.283. The standard InChI is InChI=1S/C15H24N2O/c1-15(2,3)12-7-8-14(16-11-12)17(9-10-18)13-5-4-6-13/h7-8,11,13,18H,4-6,9-10H2,1-3H3. The number of hydrogen-bond acceptors (Lipinski definition) is 3. The number of anilines is 1. The summed E-state index contributed by atoms with van der Waals surface area (Å²) in [6.45, 7) is 7.47. The number of nitrogens with zero attached hydrogens (tertiary/aromatic N) is 2. The minimum atomic E-state index is 0.143. The Morgan fingerprint density at radius 2 is 2.06 bits per heavy atom. The molecule has 1 N–H and O–H groups in total. The number of pyridine rings is 1. The minimum Gasteiger partial charge on any atom is -0.395 e. The second kappa shape index (κ2) is 5.27. The third-order valence-corrected chi connectivity index (χ3v) is 3.76. The molecule has 1 aromatic heterocycles. The van der Waals surface area contributed by atoms with E-state index in [4.69, 9.17) is 0 Å². The molecule has 0 spiro atoms. The molecule has 0 aromatic carbocycles. The van der Waals surface area contributed by atoms with Crippen LogP contribution in [0.5, 0.6) is 0 Å². The second-order valence-corrected chi connectivity index (χ2v) is 6.16. The number of aliphatic hydroxyl groups excluding tert-OH is 1. The molecule has 1 aromatic rings. The summed E-state index contributed by atoms with van der Waals surface area (Å²) in [5, 5.41) is 9.18. The molecule has 0 unspecified atom stereocenters. The summed E-state index contributed by atoms with van der Waals surface area (Å²) in [6.07, 6.45) is 5.72. The van der Waals surface area contributed by atoms with Gasteiger partial charge in [-0.05, 0) is 36.3 Å². The van der Waals surface area contributed by atoms with E-state index < -0.39 is 0 Å². The molecule has 1 saturated carbocycles. The Bertz CT molecular complexity index is 376. The number of hydrogen-bond donors (Lipinski definition) is 1. The van der Waals surface area contributed by atoms with Crippen LogP contribution >= 0.6 is 0 Å². The summed E-state index contributed by atoms with van der Waals surface area (Å²) >= 11 is 0. The van der Waals surface area contributed by atoms with Gasteiger partial charge in [0.2, 0.25) is 0 Å². The molecule has 100 valence electrons. The SMILES string of the molecule is CC(C)(C)c1ccc(N(CCO)C2CCC2)nc1. The number of aliphatic hydroxyl groups is 1. The van der Waals surface area contributed by atoms with Gasteiger partial charge in [0.15, 0.2) is 0 Å². The maximum Gasteiger partial charge on any atom is 0.128 e. The van der Waals surface area contributed by atoms with E-state index in [2.05, 4.69) is 42.8 Å². The molecule has 1 heterocycles. The average Bonchev–Trinajstić information content (AvgIpc) is 2.25. The maximum absolute atomic E-state index is 9.18. The van der Waals surface area contributed by atoms with E-state index in [1.807, 2.05) is 6.20 Å². The zero-order valence-corrected chi connectivity index (χ0v) is 11.7. The van der Waals surface area contributed by atoms with E-state index in [9.17, 15) is 5.11 Å². The number of aromatic nitrogens is 1. The Morgan fingerprint density at radius 1 is 1.33 bits per heavy atom. The molecule has 0 amide bonds. The molecule has 0 radical (unpaired) electrons. The first kappa shape index (κ1) is 13.3. The van der Waals surface area contributed by atoms with Gasteiger partial charge in [0.1, 0.15) is 5.82 Å². The molecule has 1 aliphatic carbocycles. The first-order chi connectivity index (χ1) is 8.52. The highest BCUT2D eigenvalue weighted by molar-refractivity contribution is 5.42. The van der Waals surface area contributed by atoms with Crippen molar-refractivity contribution in [2.24, 2.45) is 0 Å². The van der Waals surface area contributed by atoms with E-state index in [1.54, 1.807) is 0 Å². The maximum atomic E-state index is 9.18. The van der Waals surface area contributed by atoms with Gasteiger partial charge in [-0.1, -0.05) is 26.8 Å². The monoisotopic (exact) mass is 248 g/mol. The Hall–Kier alpha value is -1.09. The van der Waals surface area contributed by atoms with Crippen LogP contribution in [0.2, 0.25) is 0 Å². The Kier molecular flexibility index (Phi) is 3.91. The van der Waals surface area contributed by atoms with Crippen LogP contribution in [0.15, 0.2) is 18.3 Å². The Balaban J connectivity index is 2.15. The van der Waals surface area contributed by atoms with Crippen LogP contribution in [-0.2, 0) is 5.41 Å². The van der Waals surface area contributed by atoms with Crippen LogP contribution in [0, 0.1) is 0 Å². The molecular formula is C15H24N2O. The van der Waals surface area contributed by atoms with Gasteiger partial charge >= 0.3 is 0 Å². The average molecular weight is 248 g/mol. The largest absolute Gasteiger partial charge is 0.395 e. The van der Waals surface area contributed by atoms with Crippen molar-refractivity contribution in [2.75, 3.05) is 18.1 Å². The fraction of sp³-hybridized carbons (Fsp3) is 0.667.